The third kappa shape index (κ3) is 4.04. The van der Waals surface area contributed by atoms with Gasteiger partial charge in [0.1, 0.15) is 0 Å². The molecule has 0 aromatic carbocycles. The van der Waals surface area contributed by atoms with Crippen molar-refractivity contribution >= 4 is 11.8 Å². The van der Waals surface area contributed by atoms with Crippen LogP contribution in [0.15, 0.2) is 10.2 Å². The molecule has 2 amide bonds. The van der Waals surface area contributed by atoms with Crippen molar-refractivity contribution in [2.75, 3.05) is 13.2 Å². The van der Waals surface area contributed by atoms with Crippen LogP contribution in [0.5, 0.6) is 0 Å². The third-order valence-electron chi connectivity index (χ3n) is 2.75. The van der Waals surface area contributed by atoms with Gasteiger partial charge in [-0.05, 0) is 13.8 Å². The van der Waals surface area contributed by atoms with Crippen molar-refractivity contribution < 1.29 is 19.8 Å². The molecule has 6 N–H and O–H groups in total. The molecule has 2 atom stereocenters. The second kappa shape index (κ2) is 6.41. The van der Waals surface area contributed by atoms with E-state index < -0.39 is 22.9 Å². The fourth-order valence-electron chi connectivity index (χ4n) is 1.10. The highest BCUT2D eigenvalue weighted by Crippen LogP contribution is 2.21. The highest BCUT2D eigenvalue weighted by atomic mass is 16.3. The number of nitrogens with zero attached hydrogens (tertiary/aromatic N) is 2. The summed E-state index contributed by atoms with van der Waals surface area (Å²) >= 11 is 0. The molecule has 0 spiro atoms. The van der Waals surface area contributed by atoms with Crippen LogP contribution in [0.4, 0.5) is 0 Å². The summed E-state index contributed by atoms with van der Waals surface area (Å²) in [7, 11) is 0. The minimum Gasteiger partial charge on any atom is -0.396 e. The molecule has 0 fully saturated rings. The summed E-state index contributed by atoms with van der Waals surface area (Å²) < 4.78 is 0. The Kier molecular flexibility index (Phi) is 5.86. The minimum absolute atomic E-state index is 0.0141. The number of primary amides is 2. The van der Waals surface area contributed by atoms with Gasteiger partial charge in [-0.2, -0.15) is 10.2 Å². The van der Waals surface area contributed by atoms with Crippen LogP contribution in [0.3, 0.4) is 0 Å². The quantitative estimate of drug-likeness (QED) is 0.400. The molecule has 0 heterocycles. The number of aliphatic hydroxyl groups excluding tert-OH is 2. The molecular formula is C10H20N4O4. The SMILES string of the molecule is CC(CCO)(N=NC(C)(CCO)C(N)=O)C(N)=O. The van der Waals surface area contributed by atoms with E-state index in [1.54, 1.807) is 0 Å². The Hall–Kier alpha value is -1.54. The molecule has 18 heavy (non-hydrogen) atoms. The molecule has 8 heteroatoms. The summed E-state index contributed by atoms with van der Waals surface area (Å²) in [6.45, 7) is 2.20. The normalized spacial score (nSPS) is 18.2. The molecule has 0 aliphatic rings. The highest BCUT2D eigenvalue weighted by Gasteiger charge is 2.35. The lowest BCUT2D eigenvalue weighted by Gasteiger charge is -2.23. The van der Waals surface area contributed by atoms with Crippen LogP contribution in [0, 0.1) is 0 Å². The number of nitrogens with two attached hydrogens (primary N) is 2. The minimum atomic E-state index is -1.40. The van der Waals surface area contributed by atoms with Gasteiger partial charge in [0.05, 0.1) is 0 Å². The molecule has 2 unspecified atom stereocenters. The Bertz CT molecular complexity index is 315. The van der Waals surface area contributed by atoms with Crippen molar-refractivity contribution in [2.24, 2.45) is 21.7 Å². The van der Waals surface area contributed by atoms with Gasteiger partial charge in [0, 0.05) is 26.1 Å². The van der Waals surface area contributed by atoms with Gasteiger partial charge in [0.25, 0.3) is 0 Å². The number of aliphatic hydroxyl groups is 2. The number of hydrogen-bond donors (Lipinski definition) is 4. The van der Waals surface area contributed by atoms with Gasteiger partial charge >= 0.3 is 0 Å². The predicted molar refractivity (Wildman–Crippen MR) is 63.5 cm³/mol. The largest absolute Gasteiger partial charge is 0.396 e. The Morgan fingerprint density at radius 3 is 1.39 bits per heavy atom. The molecular weight excluding hydrogens is 240 g/mol. The van der Waals surface area contributed by atoms with Crippen LogP contribution >= 0.6 is 0 Å². The first-order valence-electron chi connectivity index (χ1n) is 5.47. The molecule has 0 radical (unpaired) electrons. The van der Waals surface area contributed by atoms with Crippen molar-refractivity contribution in [1.82, 2.24) is 0 Å². The van der Waals surface area contributed by atoms with E-state index in [9.17, 15) is 9.59 Å². The Labute approximate surface area is 105 Å². The van der Waals surface area contributed by atoms with Gasteiger partial charge in [0.15, 0.2) is 11.1 Å². The van der Waals surface area contributed by atoms with Gasteiger partial charge in [-0.25, -0.2) is 0 Å². The lowest BCUT2D eigenvalue weighted by molar-refractivity contribution is -0.125. The van der Waals surface area contributed by atoms with Gasteiger partial charge in [-0.3, -0.25) is 9.59 Å². The zero-order chi connectivity index (χ0) is 14.4. The summed E-state index contributed by atoms with van der Waals surface area (Å²) in [5.74, 6) is -1.53. The molecule has 8 nitrogen and oxygen atoms in total. The second-order valence-electron chi connectivity index (χ2n) is 4.42. The van der Waals surface area contributed by atoms with Crippen LogP contribution in [-0.2, 0) is 9.59 Å². The maximum absolute atomic E-state index is 11.2. The van der Waals surface area contributed by atoms with Crippen LogP contribution in [0.1, 0.15) is 26.7 Å². The number of carbonyl (C=O) groups is 2. The average Bonchev–Trinajstić information content (AvgIpc) is 2.27. The summed E-state index contributed by atoms with van der Waals surface area (Å²) in [5, 5.41) is 25.2. The fraction of sp³-hybridized carbons (Fsp3) is 0.800. The molecule has 0 aliphatic carbocycles. The maximum atomic E-state index is 11.2. The van der Waals surface area contributed by atoms with Gasteiger partial charge in [-0.1, -0.05) is 0 Å². The fourth-order valence-corrected chi connectivity index (χ4v) is 1.10. The Balaban J connectivity index is 5.16. The number of hydrogen-bond acceptors (Lipinski definition) is 6. The lowest BCUT2D eigenvalue weighted by Crippen LogP contribution is -2.43. The molecule has 104 valence electrons. The number of azo groups is 1. The zero-order valence-electron chi connectivity index (χ0n) is 10.6. The Morgan fingerprint density at radius 2 is 1.22 bits per heavy atom. The summed E-state index contributed by atoms with van der Waals surface area (Å²) in [4.78, 5) is 22.5. The average molecular weight is 260 g/mol. The maximum Gasteiger partial charge on any atom is 0.247 e. The van der Waals surface area contributed by atoms with E-state index in [1.165, 1.54) is 13.8 Å². The van der Waals surface area contributed by atoms with Gasteiger partial charge in [0.2, 0.25) is 11.8 Å². The van der Waals surface area contributed by atoms with E-state index >= 15 is 0 Å². The van der Waals surface area contributed by atoms with Crippen molar-refractivity contribution in [3.05, 3.63) is 0 Å². The first kappa shape index (κ1) is 16.5. The van der Waals surface area contributed by atoms with Crippen LogP contribution in [-0.4, -0.2) is 46.3 Å². The Morgan fingerprint density at radius 1 is 0.944 bits per heavy atom. The molecule has 0 rings (SSSR count). The summed E-state index contributed by atoms with van der Waals surface area (Å²) in [6.07, 6.45) is -0.0282. The summed E-state index contributed by atoms with van der Waals surface area (Å²) in [5.41, 5.74) is 7.53. The van der Waals surface area contributed by atoms with E-state index in [-0.39, 0.29) is 26.1 Å². The van der Waals surface area contributed by atoms with Crippen LogP contribution in [0.2, 0.25) is 0 Å². The predicted octanol–water partition coefficient (Wildman–Crippen LogP) is -1.31. The smallest absolute Gasteiger partial charge is 0.247 e. The number of rotatable bonds is 8. The summed E-state index contributed by atoms with van der Waals surface area (Å²) in [6, 6.07) is 0. The van der Waals surface area contributed by atoms with Gasteiger partial charge in [-0.15, -0.1) is 0 Å². The van der Waals surface area contributed by atoms with E-state index in [1.807, 2.05) is 0 Å². The molecule has 0 aromatic heterocycles. The van der Waals surface area contributed by atoms with E-state index in [2.05, 4.69) is 10.2 Å². The van der Waals surface area contributed by atoms with Crippen molar-refractivity contribution in [1.29, 1.82) is 0 Å². The van der Waals surface area contributed by atoms with E-state index in [0.717, 1.165) is 0 Å². The molecule has 0 aliphatic heterocycles. The molecule has 0 saturated heterocycles. The van der Waals surface area contributed by atoms with Gasteiger partial charge < -0.3 is 21.7 Å². The zero-order valence-corrected chi connectivity index (χ0v) is 10.6. The van der Waals surface area contributed by atoms with Crippen molar-refractivity contribution in [3.63, 3.8) is 0 Å². The van der Waals surface area contributed by atoms with E-state index in [4.69, 9.17) is 21.7 Å². The second-order valence-corrected chi connectivity index (χ2v) is 4.42. The van der Waals surface area contributed by atoms with Crippen LogP contribution in [0.25, 0.3) is 0 Å². The monoisotopic (exact) mass is 260 g/mol. The van der Waals surface area contributed by atoms with Crippen molar-refractivity contribution in [3.8, 4) is 0 Å². The number of carbonyl (C=O) groups excluding carboxylic acids is 2. The first-order valence-corrected chi connectivity index (χ1v) is 5.47. The lowest BCUT2D eigenvalue weighted by atomic mass is 9.97. The standard InChI is InChI=1S/C10H20N4O4/c1-9(3-5-15,7(11)17)13-14-10(2,4-6-16)8(12)18/h15-16H,3-6H2,1-2H3,(H2,11,17)(H2,12,18). The molecule has 0 aromatic rings. The van der Waals surface area contributed by atoms with E-state index in [0.29, 0.717) is 0 Å². The first-order chi connectivity index (χ1) is 8.22. The van der Waals surface area contributed by atoms with Crippen LogP contribution < -0.4 is 11.5 Å². The highest BCUT2D eigenvalue weighted by molar-refractivity contribution is 5.85. The van der Waals surface area contributed by atoms with Crippen molar-refractivity contribution in [2.45, 2.75) is 37.8 Å². The molecule has 0 bridgehead atoms. The molecule has 0 saturated carbocycles. The topological polar surface area (TPSA) is 151 Å². The number of amides is 2. The third-order valence-corrected chi connectivity index (χ3v) is 2.75.